The molecular formula is C21H20F3N7OS. The summed E-state index contributed by atoms with van der Waals surface area (Å²) in [5, 5.41) is 12.0. The van der Waals surface area contributed by atoms with E-state index >= 15 is 0 Å². The summed E-state index contributed by atoms with van der Waals surface area (Å²) >= 11 is 1.50. The number of aromatic nitrogens is 5. The molecule has 1 aliphatic carbocycles. The average molecular weight is 476 g/mol. The van der Waals surface area contributed by atoms with Crippen LogP contribution in [0.25, 0.3) is 21.1 Å². The number of thiophene rings is 1. The van der Waals surface area contributed by atoms with E-state index in [-0.39, 0.29) is 18.4 Å². The van der Waals surface area contributed by atoms with Crippen LogP contribution in [-0.2, 0) is 17.6 Å². The number of nitrogens with one attached hydrogen (secondary N) is 2. The zero-order valence-electron chi connectivity index (χ0n) is 17.6. The number of amides is 1. The minimum atomic E-state index is -4.28. The molecule has 0 radical (unpaired) electrons. The highest BCUT2D eigenvalue weighted by molar-refractivity contribution is 7.19. The number of hydrogen-bond donors (Lipinski definition) is 2. The quantitative estimate of drug-likeness (QED) is 0.448. The van der Waals surface area contributed by atoms with Gasteiger partial charge in [-0.25, -0.2) is 15.0 Å². The van der Waals surface area contributed by atoms with Crippen molar-refractivity contribution in [2.45, 2.75) is 31.9 Å². The monoisotopic (exact) mass is 475 g/mol. The molecule has 0 aromatic carbocycles. The van der Waals surface area contributed by atoms with Gasteiger partial charge in [0.05, 0.1) is 29.7 Å². The van der Waals surface area contributed by atoms with E-state index in [0.717, 1.165) is 31.6 Å². The zero-order chi connectivity index (χ0) is 23.2. The van der Waals surface area contributed by atoms with Crippen LogP contribution in [0.3, 0.4) is 0 Å². The molecule has 4 aromatic heterocycles. The first-order valence-corrected chi connectivity index (χ1v) is 11.2. The second-order valence-electron chi connectivity index (χ2n) is 8.12. The fourth-order valence-electron chi connectivity index (χ4n) is 4.16. The number of pyridine rings is 1. The second-order valence-corrected chi connectivity index (χ2v) is 9.21. The molecule has 0 saturated carbocycles. The molecule has 5 rings (SSSR count). The number of fused-ring (bicyclic) bond motifs is 4. The van der Waals surface area contributed by atoms with Gasteiger partial charge in [0, 0.05) is 29.8 Å². The molecule has 4 heterocycles. The lowest BCUT2D eigenvalue weighted by Crippen LogP contribution is -2.37. The molecule has 1 amide bonds. The van der Waals surface area contributed by atoms with Crippen LogP contribution >= 0.6 is 11.3 Å². The average Bonchev–Trinajstić information content (AvgIpc) is 3.40. The maximum atomic E-state index is 12.7. The Labute approximate surface area is 190 Å². The SMILES string of the molecule is CN(CCC(F)(F)F)C(=O)[C@H]1CCc2c(sc3ncnc(Nc4cc5cn[nH]c5cn4)c23)C1. The van der Waals surface area contributed by atoms with Crippen molar-refractivity contribution in [3.05, 3.63) is 35.2 Å². The van der Waals surface area contributed by atoms with Gasteiger partial charge in [0.25, 0.3) is 0 Å². The third-order valence-electron chi connectivity index (χ3n) is 5.87. The van der Waals surface area contributed by atoms with Gasteiger partial charge in [-0.2, -0.15) is 18.3 Å². The number of carbonyl (C=O) groups is 1. The number of anilines is 2. The van der Waals surface area contributed by atoms with Crippen molar-refractivity contribution < 1.29 is 18.0 Å². The molecule has 12 heteroatoms. The lowest BCUT2D eigenvalue weighted by molar-refractivity contribution is -0.146. The predicted molar refractivity (Wildman–Crippen MR) is 118 cm³/mol. The normalized spacial score (nSPS) is 16.2. The van der Waals surface area contributed by atoms with Crippen LogP contribution in [0.4, 0.5) is 24.8 Å². The van der Waals surface area contributed by atoms with Crippen molar-refractivity contribution in [2.24, 2.45) is 5.92 Å². The second kappa shape index (κ2) is 8.25. The van der Waals surface area contributed by atoms with Crippen LogP contribution in [-0.4, -0.2) is 55.7 Å². The Bertz CT molecular complexity index is 1330. The van der Waals surface area contributed by atoms with E-state index in [4.69, 9.17) is 0 Å². The van der Waals surface area contributed by atoms with Crippen molar-refractivity contribution in [3.8, 4) is 0 Å². The first kappa shape index (κ1) is 21.6. The summed E-state index contributed by atoms with van der Waals surface area (Å²) in [5.41, 5.74) is 1.92. The minimum Gasteiger partial charge on any atom is -0.345 e. The van der Waals surface area contributed by atoms with Crippen molar-refractivity contribution in [2.75, 3.05) is 18.9 Å². The summed E-state index contributed by atoms with van der Waals surface area (Å²) < 4.78 is 37.6. The van der Waals surface area contributed by atoms with Gasteiger partial charge in [-0.3, -0.25) is 9.89 Å². The van der Waals surface area contributed by atoms with Gasteiger partial charge < -0.3 is 10.2 Å². The maximum Gasteiger partial charge on any atom is 0.390 e. The number of nitrogens with zero attached hydrogens (tertiary/aromatic N) is 5. The largest absolute Gasteiger partial charge is 0.390 e. The van der Waals surface area contributed by atoms with Gasteiger partial charge in [-0.1, -0.05) is 0 Å². The predicted octanol–water partition coefficient (Wildman–Crippen LogP) is 4.22. The smallest absolute Gasteiger partial charge is 0.345 e. The maximum absolute atomic E-state index is 12.7. The molecule has 1 atom stereocenters. The lowest BCUT2D eigenvalue weighted by Gasteiger charge is -2.27. The Kier molecular flexibility index (Phi) is 5.39. The Morgan fingerprint density at radius 1 is 1.30 bits per heavy atom. The number of H-pyrrole nitrogens is 1. The molecule has 2 N–H and O–H groups in total. The number of rotatable bonds is 5. The fraction of sp³-hybridized carbons (Fsp3) is 0.381. The van der Waals surface area contributed by atoms with Crippen molar-refractivity contribution in [3.63, 3.8) is 0 Å². The summed E-state index contributed by atoms with van der Waals surface area (Å²) in [6.45, 7) is -0.328. The van der Waals surface area contributed by atoms with E-state index in [0.29, 0.717) is 30.9 Å². The highest BCUT2D eigenvalue weighted by Gasteiger charge is 2.33. The highest BCUT2D eigenvalue weighted by Crippen LogP contribution is 2.40. The molecule has 0 unspecified atom stereocenters. The topological polar surface area (TPSA) is 99.7 Å². The Hall–Kier alpha value is -3.28. The van der Waals surface area contributed by atoms with Gasteiger partial charge in [-0.05, 0) is 30.9 Å². The Morgan fingerprint density at radius 2 is 2.15 bits per heavy atom. The highest BCUT2D eigenvalue weighted by atomic mass is 32.1. The third-order valence-corrected chi connectivity index (χ3v) is 7.03. The van der Waals surface area contributed by atoms with Crippen molar-refractivity contribution >= 4 is 50.0 Å². The summed E-state index contributed by atoms with van der Waals surface area (Å²) in [6.07, 6.45) is 1.31. The van der Waals surface area contributed by atoms with E-state index in [1.807, 2.05) is 6.07 Å². The number of halogens is 3. The number of alkyl halides is 3. The summed E-state index contributed by atoms with van der Waals surface area (Å²) in [7, 11) is 1.44. The molecule has 4 aromatic rings. The molecule has 0 bridgehead atoms. The van der Waals surface area contributed by atoms with E-state index < -0.39 is 12.6 Å². The van der Waals surface area contributed by atoms with Gasteiger partial charge in [0.15, 0.2) is 0 Å². The van der Waals surface area contributed by atoms with Gasteiger partial charge in [0.1, 0.15) is 22.8 Å². The van der Waals surface area contributed by atoms with Gasteiger partial charge in [0.2, 0.25) is 5.91 Å². The standard InChI is InChI=1S/C21H20F3N7OS/c1-31(5-4-21(22,23)24)20(32)11-2-3-13-15(6-11)33-19-17(13)18(26-10-27-19)29-16-7-12-8-28-30-14(12)9-25-16/h7-11H,2-6H2,1H3,(H,28,30)(H,25,26,27,29)/t11-/m0/s1. The Morgan fingerprint density at radius 3 is 2.97 bits per heavy atom. The van der Waals surface area contributed by atoms with Crippen LogP contribution in [0.15, 0.2) is 24.8 Å². The number of hydrogen-bond acceptors (Lipinski definition) is 7. The molecule has 0 spiro atoms. The van der Waals surface area contributed by atoms with Crippen LogP contribution < -0.4 is 5.32 Å². The molecule has 33 heavy (non-hydrogen) atoms. The lowest BCUT2D eigenvalue weighted by atomic mass is 9.87. The molecule has 172 valence electrons. The Balaban J connectivity index is 1.37. The molecule has 1 aliphatic rings. The summed E-state index contributed by atoms with van der Waals surface area (Å²) in [6, 6.07) is 1.87. The summed E-state index contributed by atoms with van der Waals surface area (Å²) in [5.74, 6) is 0.682. The van der Waals surface area contributed by atoms with E-state index in [1.165, 1.54) is 29.6 Å². The van der Waals surface area contributed by atoms with Gasteiger partial charge in [-0.15, -0.1) is 11.3 Å². The van der Waals surface area contributed by atoms with Crippen molar-refractivity contribution in [1.29, 1.82) is 0 Å². The van der Waals surface area contributed by atoms with E-state index in [9.17, 15) is 18.0 Å². The van der Waals surface area contributed by atoms with Crippen LogP contribution in [0, 0.1) is 5.92 Å². The minimum absolute atomic E-state index is 0.246. The number of aromatic amines is 1. The fourth-order valence-corrected chi connectivity index (χ4v) is 5.43. The molecular weight excluding hydrogens is 455 g/mol. The first-order chi connectivity index (χ1) is 15.8. The van der Waals surface area contributed by atoms with Gasteiger partial charge >= 0.3 is 6.18 Å². The molecule has 0 fully saturated rings. The van der Waals surface area contributed by atoms with Crippen LogP contribution in [0.2, 0.25) is 0 Å². The number of carbonyl (C=O) groups excluding carboxylic acids is 1. The van der Waals surface area contributed by atoms with E-state index in [1.54, 1.807) is 12.4 Å². The third kappa shape index (κ3) is 4.34. The summed E-state index contributed by atoms with van der Waals surface area (Å²) in [4.78, 5) is 29.0. The van der Waals surface area contributed by atoms with Crippen molar-refractivity contribution in [1.82, 2.24) is 30.0 Å². The van der Waals surface area contributed by atoms with E-state index in [2.05, 4.69) is 30.5 Å². The molecule has 0 aliphatic heterocycles. The molecule has 0 saturated heterocycles. The molecule has 8 nitrogen and oxygen atoms in total. The number of aryl methyl sites for hydroxylation is 1. The first-order valence-electron chi connectivity index (χ1n) is 10.4. The van der Waals surface area contributed by atoms with Crippen LogP contribution in [0.5, 0.6) is 0 Å². The van der Waals surface area contributed by atoms with Crippen LogP contribution in [0.1, 0.15) is 23.3 Å². The zero-order valence-corrected chi connectivity index (χ0v) is 18.4.